The first kappa shape index (κ1) is 16.4. The molecule has 22 heavy (non-hydrogen) atoms. The molecule has 1 unspecified atom stereocenters. The third-order valence-corrected chi connectivity index (χ3v) is 4.30. The second-order valence-electron chi connectivity index (χ2n) is 4.39. The van der Waals surface area contributed by atoms with Crippen molar-refractivity contribution in [3.05, 3.63) is 30.0 Å². The van der Waals surface area contributed by atoms with Crippen LogP contribution >= 0.6 is 0 Å². The molecule has 0 saturated heterocycles. The van der Waals surface area contributed by atoms with E-state index < -0.39 is 23.1 Å². The van der Waals surface area contributed by atoms with E-state index in [1.54, 1.807) is 38.1 Å². The van der Waals surface area contributed by atoms with E-state index in [9.17, 15) is 14.1 Å². The molecule has 1 N–H and O–H groups in total. The second kappa shape index (κ2) is 7.33. The van der Waals surface area contributed by atoms with Gasteiger partial charge in [0.2, 0.25) is 5.75 Å². The van der Waals surface area contributed by atoms with Gasteiger partial charge in [0, 0.05) is 0 Å². The standard InChI is InChI=1S/C15H17NO5S/c1-3-20-12(17)9-22(19)14-10-7-5-6-8-11(10)16-13(14)15(18)21-4-2/h5-8,16H,3-4,9H2,1-2H3. The Morgan fingerprint density at radius 3 is 2.55 bits per heavy atom. The van der Waals surface area contributed by atoms with Gasteiger partial charge in [0.1, 0.15) is 0 Å². The molecule has 0 radical (unpaired) electrons. The zero-order valence-electron chi connectivity index (χ0n) is 12.4. The summed E-state index contributed by atoms with van der Waals surface area (Å²) in [6, 6.07) is 7.08. The van der Waals surface area contributed by atoms with Gasteiger partial charge in [-0.1, -0.05) is 12.1 Å². The van der Waals surface area contributed by atoms with Gasteiger partial charge in [-0.05, 0) is 37.2 Å². The first-order valence-corrected chi connectivity index (χ1v) is 8.22. The highest BCUT2D eigenvalue weighted by Crippen LogP contribution is 2.28. The first-order valence-electron chi connectivity index (χ1n) is 6.90. The molecule has 0 aliphatic carbocycles. The number of rotatable bonds is 6. The zero-order chi connectivity index (χ0) is 16.1. The molecule has 0 aliphatic heterocycles. The molecule has 2 aromatic rings. The Hall–Kier alpha value is -1.99. The van der Waals surface area contributed by atoms with Crippen LogP contribution in [-0.4, -0.2) is 40.4 Å². The van der Waals surface area contributed by atoms with Gasteiger partial charge >= 0.3 is 11.9 Å². The average molecular weight is 323 g/mol. The van der Waals surface area contributed by atoms with Gasteiger partial charge in [-0.15, -0.1) is 0 Å². The monoisotopic (exact) mass is 323 g/mol. The number of hydrogen-bond donors (Lipinski definition) is 1. The van der Waals surface area contributed by atoms with Crippen LogP contribution in [0, 0.1) is 0 Å². The number of aromatic nitrogens is 1. The third-order valence-electron chi connectivity index (χ3n) is 2.92. The van der Waals surface area contributed by atoms with Crippen molar-refractivity contribution in [1.82, 2.24) is 4.98 Å². The van der Waals surface area contributed by atoms with E-state index >= 15 is 0 Å². The minimum Gasteiger partial charge on any atom is -0.611 e. The highest BCUT2D eigenvalue weighted by atomic mass is 32.2. The predicted molar refractivity (Wildman–Crippen MR) is 82.2 cm³/mol. The van der Waals surface area contributed by atoms with Gasteiger partial charge in [0.05, 0.1) is 24.1 Å². The normalized spacial score (nSPS) is 12.1. The number of para-hydroxylation sites is 1. The summed E-state index contributed by atoms with van der Waals surface area (Å²) < 4.78 is 22.3. The average Bonchev–Trinajstić information content (AvgIpc) is 2.87. The molecule has 0 aliphatic rings. The lowest BCUT2D eigenvalue weighted by atomic mass is 10.2. The highest BCUT2D eigenvalue weighted by Gasteiger charge is 2.30. The number of carbonyl (C=O) groups excluding carboxylic acids is 2. The number of benzene rings is 1. The second-order valence-corrected chi connectivity index (χ2v) is 5.78. The van der Waals surface area contributed by atoms with Crippen molar-refractivity contribution in [3.63, 3.8) is 0 Å². The van der Waals surface area contributed by atoms with Crippen LogP contribution in [0.4, 0.5) is 0 Å². The zero-order valence-corrected chi connectivity index (χ0v) is 13.2. The summed E-state index contributed by atoms with van der Waals surface area (Å²) in [6.07, 6.45) is 0. The maximum absolute atomic E-state index is 12.5. The third kappa shape index (κ3) is 3.42. The molecule has 118 valence electrons. The van der Waals surface area contributed by atoms with Crippen LogP contribution in [-0.2, 0) is 25.4 Å². The summed E-state index contributed by atoms with van der Waals surface area (Å²) in [5.74, 6) is -1.46. The Morgan fingerprint density at radius 2 is 1.86 bits per heavy atom. The van der Waals surface area contributed by atoms with Gasteiger partial charge in [0.15, 0.2) is 10.6 Å². The van der Waals surface area contributed by atoms with Crippen LogP contribution in [0.25, 0.3) is 10.9 Å². The molecule has 1 aromatic heterocycles. The van der Waals surface area contributed by atoms with Crippen molar-refractivity contribution in [2.24, 2.45) is 0 Å². The quantitative estimate of drug-likeness (QED) is 0.648. The molecule has 7 heteroatoms. The fourth-order valence-corrected chi connectivity index (χ4v) is 3.31. The molecule has 2 rings (SSSR count). The van der Waals surface area contributed by atoms with Crippen molar-refractivity contribution in [2.45, 2.75) is 18.7 Å². The van der Waals surface area contributed by atoms with Crippen molar-refractivity contribution in [3.8, 4) is 0 Å². The molecular weight excluding hydrogens is 306 g/mol. The highest BCUT2D eigenvalue weighted by molar-refractivity contribution is 7.92. The van der Waals surface area contributed by atoms with Crippen molar-refractivity contribution in [1.29, 1.82) is 0 Å². The number of esters is 2. The van der Waals surface area contributed by atoms with Gasteiger partial charge in [0.25, 0.3) is 0 Å². The summed E-state index contributed by atoms with van der Waals surface area (Å²) in [6.45, 7) is 3.79. The van der Waals surface area contributed by atoms with Crippen LogP contribution in [0.15, 0.2) is 29.2 Å². The Morgan fingerprint density at radius 1 is 1.18 bits per heavy atom. The van der Waals surface area contributed by atoms with E-state index in [-0.39, 0.29) is 29.6 Å². The molecule has 0 amide bonds. The smallest absolute Gasteiger partial charge is 0.360 e. The van der Waals surface area contributed by atoms with Crippen molar-refractivity contribution < 1.29 is 23.6 Å². The number of aromatic amines is 1. The molecule has 1 aromatic carbocycles. The van der Waals surface area contributed by atoms with Crippen molar-refractivity contribution in [2.75, 3.05) is 19.0 Å². The summed E-state index contributed by atoms with van der Waals surface area (Å²) in [4.78, 5) is 26.8. The Kier molecular flexibility index (Phi) is 5.46. The van der Waals surface area contributed by atoms with E-state index in [0.29, 0.717) is 10.9 Å². The van der Waals surface area contributed by atoms with Gasteiger partial charge in [-0.2, -0.15) is 0 Å². The van der Waals surface area contributed by atoms with Gasteiger partial charge in [-0.25, -0.2) is 9.59 Å². The molecule has 0 spiro atoms. The molecule has 6 nitrogen and oxygen atoms in total. The number of nitrogens with one attached hydrogen (secondary N) is 1. The molecule has 0 saturated carbocycles. The van der Waals surface area contributed by atoms with E-state index in [0.717, 1.165) is 0 Å². The largest absolute Gasteiger partial charge is 0.611 e. The molecule has 1 atom stereocenters. The molecule has 0 fully saturated rings. The summed E-state index contributed by atoms with van der Waals surface area (Å²) in [5, 5.41) is 0.633. The van der Waals surface area contributed by atoms with Crippen molar-refractivity contribution >= 4 is 34.0 Å². The number of hydrogen-bond acceptors (Lipinski definition) is 5. The van der Waals surface area contributed by atoms with Crippen LogP contribution < -0.4 is 0 Å². The Balaban J connectivity index is 2.42. The van der Waals surface area contributed by atoms with Crippen LogP contribution in [0.3, 0.4) is 0 Å². The fourth-order valence-electron chi connectivity index (χ4n) is 2.08. The Bertz CT molecular complexity index is 682. The summed E-state index contributed by atoms with van der Waals surface area (Å²) in [7, 11) is 0. The fraction of sp³-hybridized carbons (Fsp3) is 0.333. The molecule has 0 bridgehead atoms. The van der Waals surface area contributed by atoms with E-state index in [2.05, 4.69) is 4.98 Å². The molecular formula is C15H17NO5S. The van der Waals surface area contributed by atoms with Crippen LogP contribution in [0.2, 0.25) is 0 Å². The number of carbonyl (C=O) groups is 2. The van der Waals surface area contributed by atoms with E-state index in [4.69, 9.17) is 9.47 Å². The van der Waals surface area contributed by atoms with Gasteiger partial charge < -0.3 is 19.0 Å². The lowest BCUT2D eigenvalue weighted by Crippen LogP contribution is -2.21. The topological polar surface area (TPSA) is 91.5 Å². The lowest BCUT2D eigenvalue weighted by Gasteiger charge is -2.10. The SMILES string of the molecule is CCOC(=O)C[S+]([O-])c1c(C(=O)OCC)[nH]c2ccccc12. The molecule has 1 heterocycles. The number of H-pyrrole nitrogens is 1. The number of fused-ring (bicyclic) bond motifs is 1. The number of ether oxygens (including phenoxy) is 2. The lowest BCUT2D eigenvalue weighted by molar-refractivity contribution is -0.139. The van der Waals surface area contributed by atoms with Crippen LogP contribution in [0.5, 0.6) is 0 Å². The van der Waals surface area contributed by atoms with E-state index in [1.807, 2.05) is 0 Å². The van der Waals surface area contributed by atoms with Crippen LogP contribution in [0.1, 0.15) is 24.3 Å². The maximum Gasteiger partial charge on any atom is 0.360 e. The van der Waals surface area contributed by atoms with Gasteiger partial charge in [-0.3, -0.25) is 0 Å². The van der Waals surface area contributed by atoms with E-state index in [1.165, 1.54) is 0 Å². The maximum atomic E-state index is 12.5. The minimum atomic E-state index is -1.70. The first-order chi connectivity index (χ1) is 10.6. The summed E-state index contributed by atoms with van der Waals surface area (Å²) in [5.41, 5.74) is 0.781. The minimum absolute atomic E-state index is 0.116. The predicted octanol–water partition coefficient (Wildman–Crippen LogP) is 2.02. The Labute approximate surface area is 131 Å². The summed E-state index contributed by atoms with van der Waals surface area (Å²) >= 11 is -1.70.